The van der Waals surface area contributed by atoms with Crippen LogP contribution < -0.4 is 10.2 Å². The van der Waals surface area contributed by atoms with Crippen molar-refractivity contribution in [2.75, 3.05) is 6.61 Å². The molecule has 0 saturated carbocycles. The van der Waals surface area contributed by atoms with Crippen LogP contribution in [0.3, 0.4) is 0 Å². The molecule has 1 aromatic carbocycles. The van der Waals surface area contributed by atoms with E-state index in [-0.39, 0.29) is 12.5 Å². The summed E-state index contributed by atoms with van der Waals surface area (Å²) in [5.74, 6) is 0.253. The van der Waals surface area contributed by atoms with E-state index in [4.69, 9.17) is 20.8 Å². The Morgan fingerprint density at radius 1 is 1.43 bits per heavy atom. The second-order valence-corrected chi connectivity index (χ2v) is 4.89. The van der Waals surface area contributed by atoms with Crippen molar-refractivity contribution >= 4 is 23.7 Å². The van der Waals surface area contributed by atoms with Gasteiger partial charge in [0, 0.05) is 10.6 Å². The zero-order chi connectivity index (χ0) is 15.2. The van der Waals surface area contributed by atoms with E-state index >= 15 is 0 Å². The van der Waals surface area contributed by atoms with Gasteiger partial charge in [0.15, 0.2) is 6.61 Å². The second-order valence-electron chi connectivity index (χ2n) is 4.51. The Kier molecular flexibility index (Phi) is 5.00. The molecule has 110 valence electrons. The zero-order valence-corrected chi connectivity index (χ0v) is 12.5. The fourth-order valence-electron chi connectivity index (χ4n) is 1.70. The van der Waals surface area contributed by atoms with Crippen LogP contribution in [0.5, 0.6) is 5.75 Å². The number of carbonyl (C=O) groups is 1. The Hall–Kier alpha value is -2.27. The molecule has 0 aliphatic heterocycles. The molecule has 2 aromatic rings. The summed E-state index contributed by atoms with van der Waals surface area (Å²) >= 11 is 6.07. The summed E-state index contributed by atoms with van der Waals surface area (Å²) in [5.41, 5.74) is 4.95. The van der Waals surface area contributed by atoms with Crippen molar-refractivity contribution in [2.24, 2.45) is 5.10 Å². The first kappa shape index (κ1) is 15.1. The van der Waals surface area contributed by atoms with Crippen molar-refractivity contribution in [3.05, 3.63) is 52.4 Å². The van der Waals surface area contributed by atoms with E-state index in [0.717, 1.165) is 16.7 Å². The minimum absolute atomic E-state index is 0.122. The highest BCUT2D eigenvalue weighted by atomic mass is 35.5. The maximum atomic E-state index is 11.6. The number of amides is 1. The third-order valence-electron chi connectivity index (χ3n) is 2.73. The first-order valence-electron chi connectivity index (χ1n) is 6.30. The third kappa shape index (κ3) is 4.36. The molecule has 1 amide bonds. The van der Waals surface area contributed by atoms with E-state index in [1.807, 2.05) is 13.8 Å². The number of halogens is 1. The number of hydrogen-bond acceptors (Lipinski definition) is 4. The van der Waals surface area contributed by atoms with Gasteiger partial charge in [-0.25, -0.2) is 5.43 Å². The highest BCUT2D eigenvalue weighted by Gasteiger charge is 2.06. The largest absolute Gasteiger partial charge is 0.484 e. The second kappa shape index (κ2) is 6.95. The number of hydrogen-bond donors (Lipinski definition) is 1. The highest BCUT2D eigenvalue weighted by molar-refractivity contribution is 6.32. The molecule has 6 heteroatoms. The number of ether oxygens (including phenoxy) is 1. The van der Waals surface area contributed by atoms with E-state index in [2.05, 4.69) is 10.5 Å². The molecule has 0 saturated heterocycles. The van der Waals surface area contributed by atoms with Crippen LogP contribution in [0.25, 0.3) is 0 Å². The van der Waals surface area contributed by atoms with Gasteiger partial charge in [-0.1, -0.05) is 11.6 Å². The fraction of sp³-hybridized carbons (Fsp3) is 0.200. The minimum atomic E-state index is -0.347. The lowest BCUT2D eigenvalue weighted by Gasteiger charge is -2.09. The van der Waals surface area contributed by atoms with Crippen LogP contribution in [-0.4, -0.2) is 18.7 Å². The van der Waals surface area contributed by atoms with Gasteiger partial charge in [0.25, 0.3) is 5.91 Å². The summed E-state index contributed by atoms with van der Waals surface area (Å²) in [4.78, 5) is 11.6. The van der Waals surface area contributed by atoms with Crippen LogP contribution >= 0.6 is 11.6 Å². The molecule has 0 radical (unpaired) electrons. The van der Waals surface area contributed by atoms with Crippen molar-refractivity contribution in [3.8, 4) is 5.75 Å². The van der Waals surface area contributed by atoms with Crippen molar-refractivity contribution in [1.82, 2.24) is 5.43 Å². The van der Waals surface area contributed by atoms with E-state index in [1.54, 1.807) is 18.2 Å². The Balaban J connectivity index is 1.84. The zero-order valence-electron chi connectivity index (χ0n) is 11.7. The van der Waals surface area contributed by atoms with E-state index in [9.17, 15) is 4.79 Å². The maximum absolute atomic E-state index is 11.6. The number of carbonyl (C=O) groups excluding carboxylic acids is 1. The molecule has 0 bridgehead atoms. The van der Waals surface area contributed by atoms with E-state index in [1.165, 1.54) is 18.7 Å². The van der Waals surface area contributed by atoms with Gasteiger partial charge < -0.3 is 9.15 Å². The lowest BCUT2D eigenvalue weighted by Crippen LogP contribution is -2.24. The summed E-state index contributed by atoms with van der Waals surface area (Å²) < 4.78 is 10.3. The summed E-state index contributed by atoms with van der Waals surface area (Å²) in [5, 5.41) is 4.49. The lowest BCUT2D eigenvalue weighted by atomic mass is 10.1. The molecule has 0 spiro atoms. The Labute approximate surface area is 127 Å². The minimum Gasteiger partial charge on any atom is -0.484 e. The van der Waals surface area contributed by atoms with Crippen LogP contribution in [0.4, 0.5) is 0 Å². The SMILES string of the molecule is Cc1cc(OCC(=O)NN=Cc2ccoc2)cc(C)c1Cl. The average molecular weight is 307 g/mol. The Bertz CT molecular complexity index is 628. The van der Waals surface area contributed by atoms with Gasteiger partial charge in [0.05, 0.1) is 18.7 Å². The molecule has 1 aromatic heterocycles. The first-order chi connectivity index (χ1) is 10.1. The van der Waals surface area contributed by atoms with Crippen LogP contribution in [0, 0.1) is 13.8 Å². The summed E-state index contributed by atoms with van der Waals surface area (Å²) in [6.07, 6.45) is 4.53. The molecule has 0 aliphatic carbocycles. The van der Waals surface area contributed by atoms with Gasteiger partial charge in [-0.2, -0.15) is 5.10 Å². The lowest BCUT2D eigenvalue weighted by molar-refractivity contribution is -0.123. The molecule has 0 aliphatic rings. The number of furan rings is 1. The standard InChI is InChI=1S/C15H15ClN2O3/c1-10-5-13(6-11(2)15(10)16)21-9-14(19)18-17-7-12-3-4-20-8-12/h3-8H,9H2,1-2H3,(H,18,19). The maximum Gasteiger partial charge on any atom is 0.277 e. The average Bonchev–Trinajstić information content (AvgIpc) is 2.95. The summed E-state index contributed by atoms with van der Waals surface area (Å²) in [6.45, 7) is 3.65. The molecule has 0 atom stereocenters. The van der Waals surface area contributed by atoms with Crippen molar-refractivity contribution in [2.45, 2.75) is 13.8 Å². The number of benzene rings is 1. The number of nitrogens with zero attached hydrogens (tertiary/aromatic N) is 1. The van der Waals surface area contributed by atoms with Crippen LogP contribution in [0.2, 0.25) is 5.02 Å². The van der Waals surface area contributed by atoms with Crippen LogP contribution in [-0.2, 0) is 4.79 Å². The quantitative estimate of drug-likeness (QED) is 0.682. The van der Waals surface area contributed by atoms with Gasteiger partial charge in [0.2, 0.25) is 0 Å². The molecular weight excluding hydrogens is 292 g/mol. The van der Waals surface area contributed by atoms with Gasteiger partial charge in [0.1, 0.15) is 5.75 Å². The van der Waals surface area contributed by atoms with Gasteiger partial charge in [-0.3, -0.25) is 4.79 Å². The number of hydrazone groups is 1. The molecule has 2 rings (SSSR count). The Morgan fingerprint density at radius 2 is 2.14 bits per heavy atom. The summed E-state index contributed by atoms with van der Waals surface area (Å²) in [6, 6.07) is 5.31. The van der Waals surface area contributed by atoms with Gasteiger partial charge in [-0.15, -0.1) is 0 Å². The van der Waals surface area contributed by atoms with Crippen molar-refractivity contribution in [3.63, 3.8) is 0 Å². The number of nitrogens with one attached hydrogen (secondary N) is 1. The monoisotopic (exact) mass is 306 g/mol. The van der Waals surface area contributed by atoms with Gasteiger partial charge in [-0.05, 0) is 43.2 Å². The van der Waals surface area contributed by atoms with Crippen LogP contribution in [0.1, 0.15) is 16.7 Å². The number of rotatable bonds is 5. The van der Waals surface area contributed by atoms with Gasteiger partial charge >= 0.3 is 0 Å². The third-order valence-corrected chi connectivity index (χ3v) is 3.32. The molecule has 21 heavy (non-hydrogen) atoms. The fourth-order valence-corrected chi connectivity index (χ4v) is 1.81. The normalized spacial score (nSPS) is 10.8. The van der Waals surface area contributed by atoms with Crippen molar-refractivity contribution < 1.29 is 13.9 Å². The Morgan fingerprint density at radius 3 is 2.76 bits per heavy atom. The highest BCUT2D eigenvalue weighted by Crippen LogP contribution is 2.25. The molecule has 1 N–H and O–H groups in total. The predicted molar refractivity (Wildman–Crippen MR) is 80.9 cm³/mol. The molecule has 0 unspecified atom stereocenters. The van der Waals surface area contributed by atoms with E-state index in [0.29, 0.717) is 10.8 Å². The topological polar surface area (TPSA) is 63.8 Å². The predicted octanol–water partition coefficient (Wildman–Crippen LogP) is 3.08. The molecule has 1 heterocycles. The molecule has 5 nitrogen and oxygen atoms in total. The van der Waals surface area contributed by atoms with Crippen LogP contribution in [0.15, 0.2) is 40.2 Å². The number of aryl methyl sites for hydroxylation is 2. The first-order valence-corrected chi connectivity index (χ1v) is 6.67. The molecular formula is C15H15ClN2O3. The molecule has 0 fully saturated rings. The summed E-state index contributed by atoms with van der Waals surface area (Å²) in [7, 11) is 0. The van der Waals surface area contributed by atoms with Crippen molar-refractivity contribution in [1.29, 1.82) is 0 Å². The van der Waals surface area contributed by atoms with E-state index < -0.39 is 0 Å². The smallest absolute Gasteiger partial charge is 0.277 e.